The van der Waals surface area contributed by atoms with E-state index >= 15 is 0 Å². The number of thiazole rings is 1. The molecule has 106 valence electrons. The highest BCUT2D eigenvalue weighted by Crippen LogP contribution is 2.23. The van der Waals surface area contributed by atoms with E-state index in [4.69, 9.17) is 10.5 Å². The number of aromatic nitrogens is 1. The maximum absolute atomic E-state index is 12.1. The van der Waals surface area contributed by atoms with Gasteiger partial charge in [0.2, 0.25) is 0 Å². The number of nitrogen functional groups attached to an aromatic ring is 1. The molecule has 1 heterocycles. The van der Waals surface area contributed by atoms with Gasteiger partial charge in [-0.05, 0) is 31.2 Å². The number of nitrogens with two attached hydrogens (primary N) is 1. The lowest BCUT2D eigenvalue weighted by atomic mass is 10.1. The summed E-state index contributed by atoms with van der Waals surface area (Å²) in [5.41, 5.74) is 8.52. The fraction of sp³-hybridized carbons (Fsp3) is 0.125. The van der Waals surface area contributed by atoms with Gasteiger partial charge in [0.1, 0.15) is 11.6 Å². The number of rotatable bonds is 3. The number of nitrogens with zero attached hydrogens (tertiary/aromatic N) is 1. The van der Waals surface area contributed by atoms with E-state index in [1.54, 1.807) is 12.1 Å². The molecule has 0 aliphatic heterocycles. The van der Waals surface area contributed by atoms with Crippen LogP contribution in [0.4, 0.5) is 5.69 Å². The number of aryl methyl sites for hydroxylation is 1. The van der Waals surface area contributed by atoms with E-state index in [0.29, 0.717) is 11.3 Å². The standard InChI is InChI=1S/C16H14N2O2S/c1-10-6-7-12(17)11(8-10)16(19)20-9-15-18-13-4-2-3-5-14(13)21-15/h2-8H,9,17H2,1H3. The van der Waals surface area contributed by atoms with Crippen LogP contribution in [0.3, 0.4) is 0 Å². The quantitative estimate of drug-likeness (QED) is 0.593. The minimum Gasteiger partial charge on any atom is -0.455 e. The monoisotopic (exact) mass is 298 g/mol. The maximum Gasteiger partial charge on any atom is 0.340 e. The van der Waals surface area contributed by atoms with E-state index in [2.05, 4.69) is 4.98 Å². The maximum atomic E-state index is 12.1. The molecule has 0 saturated heterocycles. The minimum atomic E-state index is -0.421. The van der Waals surface area contributed by atoms with Gasteiger partial charge in [-0.2, -0.15) is 0 Å². The molecule has 0 aliphatic carbocycles. The molecule has 0 fully saturated rings. The Morgan fingerprint density at radius 3 is 2.90 bits per heavy atom. The second-order valence-electron chi connectivity index (χ2n) is 4.74. The van der Waals surface area contributed by atoms with Crippen molar-refractivity contribution in [2.24, 2.45) is 0 Å². The zero-order valence-corrected chi connectivity index (χ0v) is 12.3. The molecule has 1 aromatic heterocycles. The predicted molar refractivity (Wildman–Crippen MR) is 84.3 cm³/mol. The van der Waals surface area contributed by atoms with Gasteiger partial charge in [-0.15, -0.1) is 11.3 Å². The summed E-state index contributed by atoms with van der Waals surface area (Å²) in [6.07, 6.45) is 0. The number of hydrogen-bond acceptors (Lipinski definition) is 5. The molecule has 0 radical (unpaired) electrons. The van der Waals surface area contributed by atoms with Crippen molar-refractivity contribution in [1.29, 1.82) is 0 Å². The van der Waals surface area contributed by atoms with Crippen LogP contribution in [0.25, 0.3) is 10.2 Å². The van der Waals surface area contributed by atoms with Crippen LogP contribution in [0.5, 0.6) is 0 Å². The summed E-state index contributed by atoms with van der Waals surface area (Å²) in [6.45, 7) is 2.06. The lowest BCUT2D eigenvalue weighted by Gasteiger charge is -2.06. The van der Waals surface area contributed by atoms with Crippen molar-refractivity contribution in [3.63, 3.8) is 0 Å². The zero-order valence-electron chi connectivity index (χ0n) is 11.5. The van der Waals surface area contributed by atoms with E-state index in [9.17, 15) is 4.79 Å². The summed E-state index contributed by atoms with van der Waals surface area (Å²) in [5, 5.41) is 0.774. The lowest BCUT2D eigenvalue weighted by molar-refractivity contribution is 0.0474. The highest BCUT2D eigenvalue weighted by atomic mass is 32.1. The molecule has 21 heavy (non-hydrogen) atoms. The van der Waals surface area contributed by atoms with Crippen LogP contribution >= 0.6 is 11.3 Å². The van der Waals surface area contributed by atoms with Gasteiger partial charge in [0.25, 0.3) is 0 Å². The Balaban J connectivity index is 1.74. The fourth-order valence-corrected chi connectivity index (χ4v) is 2.91. The summed E-state index contributed by atoms with van der Waals surface area (Å²) in [5.74, 6) is -0.421. The van der Waals surface area contributed by atoms with Crippen molar-refractivity contribution in [3.05, 3.63) is 58.6 Å². The SMILES string of the molecule is Cc1ccc(N)c(C(=O)OCc2nc3ccccc3s2)c1. The number of ether oxygens (including phenoxy) is 1. The molecule has 0 aliphatic rings. The Hall–Kier alpha value is -2.40. The number of anilines is 1. The summed E-state index contributed by atoms with van der Waals surface area (Å²) in [7, 11) is 0. The molecule has 5 heteroatoms. The Morgan fingerprint density at radius 1 is 1.29 bits per heavy atom. The van der Waals surface area contributed by atoms with Gasteiger partial charge in [-0.25, -0.2) is 9.78 Å². The second-order valence-corrected chi connectivity index (χ2v) is 5.86. The molecular formula is C16H14N2O2S. The molecule has 0 spiro atoms. The van der Waals surface area contributed by atoms with Gasteiger partial charge in [0, 0.05) is 5.69 Å². The third kappa shape index (κ3) is 2.87. The fourth-order valence-electron chi connectivity index (χ4n) is 2.03. The Morgan fingerprint density at radius 2 is 2.10 bits per heavy atom. The summed E-state index contributed by atoms with van der Waals surface area (Å²) in [6, 6.07) is 13.1. The molecule has 0 bridgehead atoms. The van der Waals surface area contributed by atoms with Crippen LogP contribution in [0, 0.1) is 6.92 Å². The minimum absolute atomic E-state index is 0.158. The van der Waals surface area contributed by atoms with Crippen LogP contribution in [-0.2, 0) is 11.3 Å². The number of carbonyl (C=O) groups excluding carboxylic acids is 1. The number of esters is 1. The summed E-state index contributed by atoms with van der Waals surface area (Å²) >= 11 is 1.52. The predicted octanol–water partition coefficient (Wildman–Crippen LogP) is 3.54. The van der Waals surface area contributed by atoms with Gasteiger partial charge in [-0.1, -0.05) is 23.8 Å². The van der Waals surface area contributed by atoms with Crippen molar-refractivity contribution in [2.75, 3.05) is 5.73 Å². The number of benzene rings is 2. The molecule has 2 aromatic carbocycles. The first-order chi connectivity index (χ1) is 10.1. The van der Waals surface area contributed by atoms with Gasteiger partial charge < -0.3 is 10.5 Å². The van der Waals surface area contributed by atoms with E-state index < -0.39 is 5.97 Å². The van der Waals surface area contributed by atoms with Crippen LogP contribution < -0.4 is 5.73 Å². The molecule has 0 atom stereocenters. The number of fused-ring (bicyclic) bond motifs is 1. The van der Waals surface area contributed by atoms with E-state index in [1.165, 1.54) is 11.3 Å². The van der Waals surface area contributed by atoms with Crippen LogP contribution in [0.15, 0.2) is 42.5 Å². The lowest BCUT2D eigenvalue weighted by Crippen LogP contribution is -2.08. The Bertz CT molecular complexity index is 778. The average Bonchev–Trinajstić information content (AvgIpc) is 2.90. The van der Waals surface area contributed by atoms with Crippen molar-refractivity contribution in [2.45, 2.75) is 13.5 Å². The number of para-hydroxylation sites is 1. The summed E-state index contributed by atoms with van der Waals surface area (Å²) in [4.78, 5) is 16.5. The largest absolute Gasteiger partial charge is 0.455 e. The van der Waals surface area contributed by atoms with E-state index in [0.717, 1.165) is 20.8 Å². The van der Waals surface area contributed by atoms with Crippen LogP contribution in [0.2, 0.25) is 0 Å². The average molecular weight is 298 g/mol. The van der Waals surface area contributed by atoms with Gasteiger partial charge in [0.05, 0.1) is 15.8 Å². The molecule has 0 unspecified atom stereocenters. The number of carbonyl (C=O) groups is 1. The third-order valence-electron chi connectivity index (χ3n) is 3.09. The van der Waals surface area contributed by atoms with E-state index in [1.807, 2.05) is 37.3 Å². The van der Waals surface area contributed by atoms with Crippen molar-refractivity contribution >= 4 is 33.2 Å². The topological polar surface area (TPSA) is 65.2 Å². The normalized spacial score (nSPS) is 10.7. The van der Waals surface area contributed by atoms with Crippen molar-refractivity contribution < 1.29 is 9.53 Å². The van der Waals surface area contributed by atoms with E-state index in [-0.39, 0.29) is 6.61 Å². The smallest absolute Gasteiger partial charge is 0.340 e. The van der Waals surface area contributed by atoms with Gasteiger partial charge >= 0.3 is 5.97 Å². The zero-order chi connectivity index (χ0) is 14.8. The molecule has 3 rings (SSSR count). The van der Waals surface area contributed by atoms with Crippen molar-refractivity contribution in [1.82, 2.24) is 4.98 Å². The summed E-state index contributed by atoms with van der Waals surface area (Å²) < 4.78 is 6.39. The molecule has 2 N–H and O–H groups in total. The second kappa shape index (κ2) is 5.54. The molecular weight excluding hydrogens is 284 g/mol. The highest BCUT2D eigenvalue weighted by molar-refractivity contribution is 7.18. The molecule has 4 nitrogen and oxygen atoms in total. The van der Waals surface area contributed by atoms with Crippen LogP contribution in [0.1, 0.15) is 20.9 Å². The van der Waals surface area contributed by atoms with Crippen LogP contribution in [-0.4, -0.2) is 11.0 Å². The first kappa shape index (κ1) is 13.6. The molecule has 3 aromatic rings. The Kier molecular flexibility index (Phi) is 3.58. The Labute approximate surface area is 126 Å². The van der Waals surface area contributed by atoms with Gasteiger partial charge in [0.15, 0.2) is 0 Å². The first-order valence-corrected chi connectivity index (χ1v) is 7.33. The number of hydrogen-bond donors (Lipinski definition) is 1. The molecule has 0 amide bonds. The van der Waals surface area contributed by atoms with Crippen molar-refractivity contribution in [3.8, 4) is 0 Å². The third-order valence-corrected chi connectivity index (χ3v) is 4.10. The molecule has 0 saturated carbocycles. The first-order valence-electron chi connectivity index (χ1n) is 6.51. The highest BCUT2D eigenvalue weighted by Gasteiger charge is 2.13. The van der Waals surface area contributed by atoms with Gasteiger partial charge in [-0.3, -0.25) is 0 Å².